The summed E-state index contributed by atoms with van der Waals surface area (Å²) < 4.78 is 10.5. The fourth-order valence-corrected chi connectivity index (χ4v) is 2.15. The third kappa shape index (κ3) is 6.34. The van der Waals surface area contributed by atoms with E-state index in [1.807, 2.05) is 33.8 Å². The zero-order chi connectivity index (χ0) is 17.4. The van der Waals surface area contributed by atoms with Gasteiger partial charge < -0.3 is 9.47 Å². The number of esters is 2. The Labute approximate surface area is 146 Å². The van der Waals surface area contributed by atoms with Gasteiger partial charge in [-0.1, -0.05) is 49.2 Å². The van der Waals surface area contributed by atoms with Gasteiger partial charge in [-0.3, -0.25) is 0 Å². The van der Waals surface area contributed by atoms with Crippen molar-refractivity contribution in [2.24, 2.45) is 5.92 Å². The van der Waals surface area contributed by atoms with Gasteiger partial charge in [0.15, 0.2) is 0 Å². The van der Waals surface area contributed by atoms with Crippen molar-refractivity contribution in [1.82, 2.24) is 0 Å². The van der Waals surface area contributed by atoms with Crippen molar-refractivity contribution in [3.63, 3.8) is 0 Å². The second kappa shape index (κ2) is 9.71. The predicted molar refractivity (Wildman–Crippen MR) is 94.1 cm³/mol. The molecule has 0 aliphatic rings. The number of alkyl halides is 1. The number of halogens is 1. The van der Waals surface area contributed by atoms with E-state index in [0.29, 0.717) is 13.2 Å². The number of benzene rings is 1. The highest BCUT2D eigenvalue weighted by Gasteiger charge is 2.21. The van der Waals surface area contributed by atoms with Gasteiger partial charge in [0.25, 0.3) is 0 Å². The Morgan fingerprint density at radius 1 is 1.09 bits per heavy atom. The molecule has 0 fully saturated rings. The summed E-state index contributed by atoms with van der Waals surface area (Å²) in [7, 11) is 0. The smallest absolute Gasteiger partial charge is 0.339 e. The summed E-state index contributed by atoms with van der Waals surface area (Å²) in [5.41, 5.74) is 1.43. The molecule has 5 heteroatoms. The maximum Gasteiger partial charge on any atom is 0.339 e. The van der Waals surface area contributed by atoms with Crippen molar-refractivity contribution in [3.05, 3.63) is 34.9 Å². The van der Waals surface area contributed by atoms with Gasteiger partial charge in [-0.25, -0.2) is 9.59 Å². The van der Waals surface area contributed by atoms with Crippen LogP contribution < -0.4 is 0 Å². The molecule has 23 heavy (non-hydrogen) atoms. The Hall–Kier alpha value is -1.36. The number of ether oxygens (including phenoxy) is 2. The Kier molecular flexibility index (Phi) is 8.31. The highest BCUT2D eigenvalue weighted by Crippen LogP contribution is 2.25. The molecule has 4 nitrogen and oxygen atoms in total. The monoisotopic (exact) mass is 384 g/mol. The summed E-state index contributed by atoms with van der Waals surface area (Å²) in [5.74, 6) is -0.736. The fourth-order valence-electron chi connectivity index (χ4n) is 1.86. The van der Waals surface area contributed by atoms with Gasteiger partial charge in [-0.15, -0.1) is 0 Å². The van der Waals surface area contributed by atoms with E-state index in [1.54, 1.807) is 12.1 Å². The highest BCUT2D eigenvalue weighted by molar-refractivity contribution is 9.09. The lowest BCUT2D eigenvalue weighted by atomic mass is 10.0. The first-order valence-corrected chi connectivity index (χ1v) is 8.90. The van der Waals surface area contributed by atoms with E-state index in [-0.39, 0.29) is 21.9 Å². The minimum absolute atomic E-state index is 0.0745. The van der Waals surface area contributed by atoms with Crippen LogP contribution in [0.2, 0.25) is 0 Å². The Morgan fingerprint density at radius 3 is 2.30 bits per heavy atom. The number of carbonyl (C=O) groups is 2. The largest absolute Gasteiger partial charge is 0.462 e. The zero-order valence-corrected chi connectivity index (χ0v) is 15.8. The minimum atomic E-state index is -0.491. The number of carbonyl (C=O) groups excluding carboxylic acids is 2. The lowest BCUT2D eigenvalue weighted by Crippen LogP contribution is -2.16. The van der Waals surface area contributed by atoms with Crippen LogP contribution in [0.5, 0.6) is 0 Å². The van der Waals surface area contributed by atoms with Crippen molar-refractivity contribution in [1.29, 1.82) is 0 Å². The molecule has 0 saturated carbocycles. The van der Waals surface area contributed by atoms with Crippen molar-refractivity contribution < 1.29 is 19.1 Å². The lowest BCUT2D eigenvalue weighted by Gasteiger charge is -2.13. The van der Waals surface area contributed by atoms with Crippen LogP contribution in [0.15, 0.2) is 18.2 Å². The maximum atomic E-state index is 12.3. The van der Waals surface area contributed by atoms with Gasteiger partial charge in [0.05, 0.1) is 24.3 Å². The minimum Gasteiger partial charge on any atom is -0.462 e. The summed E-state index contributed by atoms with van der Waals surface area (Å²) in [6.07, 6.45) is 1.74. The molecule has 1 atom stereocenters. The summed E-state index contributed by atoms with van der Waals surface area (Å²) in [4.78, 5) is 24.6. The third-order valence-electron chi connectivity index (χ3n) is 3.22. The van der Waals surface area contributed by atoms with E-state index in [1.165, 1.54) is 0 Å². The topological polar surface area (TPSA) is 52.6 Å². The van der Waals surface area contributed by atoms with E-state index >= 15 is 0 Å². The molecule has 1 aromatic carbocycles. The molecule has 1 rings (SSSR count). The Bertz CT molecular complexity index is 538. The fraction of sp³-hybridized carbons (Fsp3) is 0.556. The molecule has 128 valence electrons. The standard InChI is InChI=1S/C18H25BrO4/c1-5-6-9-22-18(21)16-10-14(13(4)19)7-8-15(16)17(20)23-11-12(2)3/h7-8,10,12-13H,5-6,9,11H2,1-4H3. The van der Waals surface area contributed by atoms with Crippen LogP contribution in [0.25, 0.3) is 0 Å². The van der Waals surface area contributed by atoms with E-state index in [9.17, 15) is 9.59 Å². The van der Waals surface area contributed by atoms with Crippen molar-refractivity contribution in [2.75, 3.05) is 13.2 Å². The molecule has 0 radical (unpaired) electrons. The molecule has 1 aromatic rings. The third-order valence-corrected chi connectivity index (χ3v) is 3.75. The van der Waals surface area contributed by atoms with Gasteiger partial charge in [0.2, 0.25) is 0 Å². The van der Waals surface area contributed by atoms with Crippen LogP contribution >= 0.6 is 15.9 Å². The second-order valence-corrected chi connectivity index (χ2v) is 7.28. The summed E-state index contributed by atoms with van der Waals surface area (Å²) in [6, 6.07) is 5.14. The van der Waals surface area contributed by atoms with Crippen LogP contribution in [0, 0.1) is 5.92 Å². The maximum absolute atomic E-state index is 12.3. The molecule has 1 unspecified atom stereocenters. The van der Waals surface area contributed by atoms with Crippen LogP contribution in [0.3, 0.4) is 0 Å². The number of hydrogen-bond donors (Lipinski definition) is 0. The van der Waals surface area contributed by atoms with Gasteiger partial charge in [-0.2, -0.15) is 0 Å². The first-order valence-electron chi connectivity index (χ1n) is 7.99. The first kappa shape index (κ1) is 19.7. The summed E-state index contributed by atoms with van der Waals surface area (Å²) in [5, 5.41) is 0. The molecule has 0 heterocycles. The quantitative estimate of drug-likeness (QED) is 0.362. The first-order chi connectivity index (χ1) is 10.9. The molecule has 0 saturated heterocycles. The molecule has 0 bridgehead atoms. The molecule has 0 aliphatic carbocycles. The summed E-state index contributed by atoms with van der Waals surface area (Å²) in [6.45, 7) is 8.57. The average molecular weight is 385 g/mol. The van der Waals surface area contributed by atoms with Crippen LogP contribution in [0.1, 0.15) is 71.6 Å². The van der Waals surface area contributed by atoms with Gasteiger partial charge in [0.1, 0.15) is 0 Å². The second-order valence-electron chi connectivity index (χ2n) is 5.90. The van der Waals surface area contributed by atoms with Gasteiger partial charge in [-0.05, 0) is 37.0 Å². The highest BCUT2D eigenvalue weighted by atomic mass is 79.9. The van der Waals surface area contributed by atoms with E-state index in [4.69, 9.17) is 9.47 Å². The number of unbranched alkanes of at least 4 members (excludes halogenated alkanes) is 1. The lowest BCUT2D eigenvalue weighted by molar-refractivity contribution is 0.0428. The molecule has 0 spiro atoms. The van der Waals surface area contributed by atoms with Crippen LogP contribution in [-0.2, 0) is 9.47 Å². The van der Waals surface area contributed by atoms with Crippen molar-refractivity contribution >= 4 is 27.9 Å². The number of hydrogen-bond acceptors (Lipinski definition) is 4. The summed E-state index contributed by atoms with van der Waals surface area (Å²) >= 11 is 3.47. The van der Waals surface area contributed by atoms with E-state index < -0.39 is 11.9 Å². The molecule has 0 aliphatic heterocycles. The van der Waals surface area contributed by atoms with E-state index in [2.05, 4.69) is 15.9 Å². The molecular formula is C18H25BrO4. The SMILES string of the molecule is CCCCOC(=O)c1cc(C(C)Br)ccc1C(=O)OCC(C)C. The van der Waals surface area contributed by atoms with Crippen molar-refractivity contribution in [2.45, 2.75) is 45.4 Å². The molecular weight excluding hydrogens is 360 g/mol. The number of rotatable bonds is 8. The molecule has 0 aromatic heterocycles. The Balaban J connectivity index is 3.03. The van der Waals surface area contributed by atoms with Crippen LogP contribution in [0.4, 0.5) is 0 Å². The van der Waals surface area contributed by atoms with Gasteiger partial charge in [0, 0.05) is 4.83 Å². The van der Waals surface area contributed by atoms with Crippen molar-refractivity contribution in [3.8, 4) is 0 Å². The molecule has 0 N–H and O–H groups in total. The average Bonchev–Trinajstić information content (AvgIpc) is 2.52. The Morgan fingerprint density at radius 2 is 1.74 bits per heavy atom. The predicted octanol–water partition coefficient (Wildman–Crippen LogP) is 4.91. The van der Waals surface area contributed by atoms with Crippen LogP contribution in [-0.4, -0.2) is 25.2 Å². The molecule has 0 amide bonds. The van der Waals surface area contributed by atoms with Gasteiger partial charge >= 0.3 is 11.9 Å². The normalized spacial score (nSPS) is 12.1. The zero-order valence-electron chi connectivity index (χ0n) is 14.2. The van der Waals surface area contributed by atoms with E-state index in [0.717, 1.165) is 18.4 Å².